The highest BCUT2D eigenvalue weighted by Gasteiger charge is 2.10. The summed E-state index contributed by atoms with van der Waals surface area (Å²) in [5.74, 6) is 0.496. The Labute approximate surface area is 75.7 Å². The van der Waals surface area contributed by atoms with E-state index in [0.29, 0.717) is 5.75 Å². The lowest BCUT2D eigenvalue weighted by Gasteiger charge is -2.11. The molecule has 0 unspecified atom stereocenters. The van der Waals surface area contributed by atoms with Gasteiger partial charge in [0.15, 0.2) is 0 Å². The maximum absolute atomic E-state index is 9.63. The predicted octanol–water partition coefficient (Wildman–Crippen LogP) is 1.65. The molecular formula is C10H16OSi. The molecule has 0 spiro atoms. The minimum Gasteiger partial charge on any atom is -0.508 e. The minimum atomic E-state index is -0.875. The number of phenols is 1. The van der Waals surface area contributed by atoms with Gasteiger partial charge >= 0.3 is 0 Å². The SMILES string of the molecule is CCc1cccc(O)c1[SiH](C)C. The van der Waals surface area contributed by atoms with Gasteiger partial charge in [-0.15, -0.1) is 0 Å². The standard InChI is InChI=1S/C10H16OSi/c1-4-8-6-5-7-9(11)10(8)12(2)3/h5-7,11-12H,4H2,1-3H3. The van der Waals surface area contributed by atoms with Gasteiger partial charge in [0, 0.05) is 0 Å². The van der Waals surface area contributed by atoms with Crippen molar-refractivity contribution < 1.29 is 5.11 Å². The Morgan fingerprint density at radius 3 is 2.42 bits per heavy atom. The van der Waals surface area contributed by atoms with E-state index in [1.807, 2.05) is 6.07 Å². The summed E-state index contributed by atoms with van der Waals surface area (Å²) in [6.07, 6.45) is 1.02. The second-order valence-corrected chi connectivity index (χ2v) is 6.24. The first kappa shape index (κ1) is 9.33. The van der Waals surface area contributed by atoms with Crippen molar-refractivity contribution in [3.63, 3.8) is 0 Å². The molecule has 1 aromatic carbocycles. The largest absolute Gasteiger partial charge is 0.508 e. The summed E-state index contributed by atoms with van der Waals surface area (Å²) in [5.41, 5.74) is 1.32. The van der Waals surface area contributed by atoms with Crippen molar-refractivity contribution in [2.45, 2.75) is 26.4 Å². The van der Waals surface area contributed by atoms with Crippen LogP contribution in [0.15, 0.2) is 18.2 Å². The first-order valence-corrected chi connectivity index (χ1v) is 7.36. The zero-order valence-electron chi connectivity index (χ0n) is 7.96. The fourth-order valence-electron chi connectivity index (χ4n) is 1.57. The molecule has 1 nitrogen and oxygen atoms in total. The van der Waals surface area contributed by atoms with E-state index in [1.54, 1.807) is 6.07 Å². The third-order valence-corrected chi connectivity index (χ3v) is 3.95. The lowest BCUT2D eigenvalue weighted by Crippen LogP contribution is -2.26. The van der Waals surface area contributed by atoms with Crippen molar-refractivity contribution in [3.8, 4) is 5.75 Å². The van der Waals surface area contributed by atoms with E-state index in [2.05, 4.69) is 26.1 Å². The maximum atomic E-state index is 9.63. The Morgan fingerprint density at radius 2 is 2.00 bits per heavy atom. The molecule has 0 bridgehead atoms. The first-order valence-electron chi connectivity index (χ1n) is 4.47. The van der Waals surface area contributed by atoms with Gasteiger partial charge < -0.3 is 5.11 Å². The highest BCUT2D eigenvalue weighted by Crippen LogP contribution is 2.10. The number of aromatic hydroxyl groups is 1. The lowest BCUT2D eigenvalue weighted by molar-refractivity contribution is 0.479. The number of benzene rings is 1. The third kappa shape index (κ3) is 1.69. The van der Waals surface area contributed by atoms with Gasteiger partial charge in [-0.05, 0) is 23.2 Å². The zero-order chi connectivity index (χ0) is 9.14. The number of aryl methyl sites for hydroxylation is 1. The number of rotatable bonds is 2. The molecule has 0 atom stereocenters. The zero-order valence-corrected chi connectivity index (χ0v) is 9.12. The van der Waals surface area contributed by atoms with Crippen molar-refractivity contribution >= 4 is 14.0 Å². The van der Waals surface area contributed by atoms with Crippen molar-refractivity contribution in [1.29, 1.82) is 0 Å². The first-order chi connectivity index (χ1) is 5.66. The second kappa shape index (κ2) is 3.76. The summed E-state index contributed by atoms with van der Waals surface area (Å²) in [6, 6.07) is 5.83. The van der Waals surface area contributed by atoms with E-state index in [9.17, 15) is 5.11 Å². The summed E-state index contributed by atoms with van der Waals surface area (Å²) >= 11 is 0. The highest BCUT2D eigenvalue weighted by atomic mass is 28.3. The fourth-order valence-corrected chi connectivity index (χ4v) is 3.30. The van der Waals surface area contributed by atoms with Crippen molar-refractivity contribution in [2.75, 3.05) is 0 Å². The third-order valence-electron chi connectivity index (χ3n) is 2.13. The molecule has 0 aliphatic rings. The normalized spacial score (nSPS) is 10.7. The van der Waals surface area contributed by atoms with Gasteiger partial charge in [0.2, 0.25) is 0 Å². The summed E-state index contributed by atoms with van der Waals surface area (Å²) in [4.78, 5) is 0. The molecule has 0 aliphatic carbocycles. The summed E-state index contributed by atoms with van der Waals surface area (Å²) in [6.45, 7) is 6.62. The molecule has 0 aromatic heterocycles. The molecule has 0 amide bonds. The van der Waals surface area contributed by atoms with Crippen molar-refractivity contribution in [3.05, 3.63) is 23.8 Å². The summed E-state index contributed by atoms with van der Waals surface area (Å²) in [5, 5.41) is 10.9. The van der Waals surface area contributed by atoms with Crippen LogP contribution in [-0.2, 0) is 6.42 Å². The molecule has 1 aromatic rings. The molecule has 0 aliphatic heterocycles. The molecule has 2 heteroatoms. The molecule has 0 saturated heterocycles. The van der Waals surface area contributed by atoms with Gasteiger partial charge in [-0.25, -0.2) is 0 Å². The lowest BCUT2D eigenvalue weighted by atomic mass is 10.1. The van der Waals surface area contributed by atoms with Crippen molar-refractivity contribution in [2.24, 2.45) is 0 Å². The Kier molecular flexibility index (Phi) is 2.92. The molecule has 0 fully saturated rings. The van der Waals surface area contributed by atoms with Crippen LogP contribution < -0.4 is 5.19 Å². The smallest absolute Gasteiger partial charge is 0.114 e. The van der Waals surface area contributed by atoms with Crippen LogP contribution in [0.5, 0.6) is 5.75 Å². The molecule has 1 N–H and O–H groups in total. The van der Waals surface area contributed by atoms with E-state index in [0.717, 1.165) is 6.42 Å². The van der Waals surface area contributed by atoms with Gasteiger partial charge in [0.25, 0.3) is 0 Å². The molecule has 0 saturated carbocycles. The molecule has 0 radical (unpaired) electrons. The van der Waals surface area contributed by atoms with Crippen molar-refractivity contribution in [1.82, 2.24) is 0 Å². The fraction of sp³-hybridized carbons (Fsp3) is 0.400. The van der Waals surface area contributed by atoms with E-state index in [1.165, 1.54) is 10.8 Å². The molecule has 12 heavy (non-hydrogen) atoms. The van der Waals surface area contributed by atoms with Crippen LogP contribution in [0, 0.1) is 0 Å². The van der Waals surface area contributed by atoms with Crippen LogP contribution in [0.25, 0.3) is 0 Å². The summed E-state index contributed by atoms with van der Waals surface area (Å²) < 4.78 is 0. The Bertz CT molecular complexity index is 269. The maximum Gasteiger partial charge on any atom is 0.114 e. The van der Waals surface area contributed by atoms with Gasteiger partial charge in [-0.3, -0.25) is 0 Å². The topological polar surface area (TPSA) is 20.2 Å². The average molecular weight is 180 g/mol. The minimum absolute atomic E-state index is 0.496. The predicted molar refractivity (Wildman–Crippen MR) is 56.0 cm³/mol. The van der Waals surface area contributed by atoms with E-state index >= 15 is 0 Å². The van der Waals surface area contributed by atoms with Gasteiger partial charge in [0.05, 0.1) is 8.80 Å². The number of hydrogen-bond donors (Lipinski definition) is 1. The van der Waals surface area contributed by atoms with Crippen LogP contribution in [0.2, 0.25) is 13.1 Å². The molecule has 0 heterocycles. The van der Waals surface area contributed by atoms with Crippen LogP contribution >= 0.6 is 0 Å². The van der Waals surface area contributed by atoms with Crippen LogP contribution in [0.1, 0.15) is 12.5 Å². The van der Waals surface area contributed by atoms with Crippen LogP contribution in [0.4, 0.5) is 0 Å². The Hall–Kier alpha value is -0.763. The van der Waals surface area contributed by atoms with Gasteiger partial charge in [0.1, 0.15) is 5.75 Å². The van der Waals surface area contributed by atoms with Gasteiger partial charge in [-0.2, -0.15) is 0 Å². The number of hydrogen-bond acceptors (Lipinski definition) is 1. The molecule has 1 rings (SSSR count). The molecule has 66 valence electrons. The van der Waals surface area contributed by atoms with Crippen LogP contribution in [0.3, 0.4) is 0 Å². The van der Waals surface area contributed by atoms with E-state index in [-0.39, 0.29) is 0 Å². The Morgan fingerprint density at radius 1 is 1.33 bits per heavy atom. The second-order valence-electron chi connectivity index (χ2n) is 3.36. The van der Waals surface area contributed by atoms with E-state index < -0.39 is 8.80 Å². The quantitative estimate of drug-likeness (QED) is 0.686. The van der Waals surface area contributed by atoms with Gasteiger partial charge in [-0.1, -0.05) is 32.2 Å². The Balaban J connectivity index is 3.20. The monoisotopic (exact) mass is 180 g/mol. The highest BCUT2D eigenvalue weighted by molar-refractivity contribution is 6.72. The molecular weight excluding hydrogens is 164 g/mol. The van der Waals surface area contributed by atoms with E-state index in [4.69, 9.17) is 0 Å². The number of phenolic OH excluding ortho intramolecular Hbond substituents is 1. The average Bonchev–Trinajstić information content (AvgIpc) is 2.03. The van der Waals surface area contributed by atoms with Crippen LogP contribution in [-0.4, -0.2) is 13.9 Å². The summed E-state index contributed by atoms with van der Waals surface area (Å²) in [7, 11) is -0.875.